The van der Waals surface area contributed by atoms with E-state index in [1.165, 1.54) is 5.56 Å². The average Bonchev–Trinajstić information content (AvgIpc) is 2.48. The minimum absolute atomic E-state index is 0.169. The van der Waals surface area contributed by atoms with Crippen molar-refractivity contribution in [1.82, 2.24) is 0 Å². The molecule has 2 aromatic carbocycles. The first kappa shape index (κ1) is 17.5. The second-order valence-corrected chi connectivity index (χ2v) is 7.03. The number of nitrogens with one attached hydrogen (secondary N) is 1. The maximum absolute atomic E-state index is 12.7. The van der Waals surface area contributed by atoms with Crippen molar-refractivity contribution < 1.29 is 9.53 Å². The van der Waals surface area contributed by atoms with E-state index >= 15 is 0 Å². The van der Waals surface area contributed by atoms with Crippen LogP contribution in [0.4, 0.5) is 5.69 Å². The van der Waals surface area contributed by atoms with Crippen LogP contribution < -0.4 is 10.1 Å². The van der Waals surface area contributed by atoms with E-state index in [-0.39, 0.29) is 5.91 Å². The van der Waals surface area contributed by atoms with Gasteiger partial charge in [-0.1, -0.05) is 47.5 Å². The predicted octanol–water partition coefficient (Wildman–Crippen LogP) is 5.35. The summed E-state index contributed by atoms with van der Waals surface area (Å²) in [6, 6.07) is 11.4. The van der Waals surface area contributed by atoms with Gasteiger partial charge in [-0.15, -0.1) is 0 Å². The first-order valence-corrected chi connectivity index (χ1v) is 8.47. The third-order valence-electron chi connectivity index (χ3n) is 3.39. The zero-order valence-electron chi connectivity index (χ0n) is 13.9. The molecule has 0 radical (unpaired) electrons. The van der Waals surface area contributed by atoms with Crippen LogP contribution in [0.5, 0.6) is 5.75 Å². The Balaban J connectivity index is 2.25. The zero-order chi connectivity index (χ0) is 17.0. The molecular formula is C19H22BrNO2. The number of hydrogen-bond acceptors (Lipinski definition) is 2. The lowest BCUT2D eigenvalue weighted by Gasteiger charge is -2.14. The highest BCUT2D eigenvalue weighted by Crippen LogP contribution is 2.26. The molecule has 1 N–H and O–H groups in total. The Morgan fingerprint density at radius 3 is 2.57 bits per heavy atom. The zero-order valence-corrected chi connectivity index (χ0v) is 15.5. The van der Waals surface area contributed by atoms with Crippen LogP contribution in [0, 0.1) is 19.8 Å². The molecule has 23 heavy (non-hydrogen) atoms. The molecule has 1 amide bonds. The second kappa shape index (κ2) is 7.64. The smallest absolute Gasteiger partial charge is 0.259 e. The van der Waals surface area contributed by atoms with Crippen LogP contribution in [0.2, 0.25) is 0 Å². The summed E-state index contributed by atoms with van der Waals surface area (Å²) in [6.45, 7) is 8.75. The molecule has 2 aromatic rings. The molecule has 0 atom stereocenters. The van der Waals surface area contributed by atoms with Gasteiger partial charge in [0.05, 0.1) is 12.2 Å². The Morgan fingerprint density at radius 2 is 1.91 bits per heavy atom. The number of halogens is 1. The maximum Gasteiger partial charge on any atom is 0.259 e. The molecule has 0 aliphatic heterocycles. The van der Waals surface area contributed by atoms with Crippen molar-refractivity contribution in [2.75, 3.05) is 11.9 Å². The lowest BCUT2D eigenvalue weighted by Crippen LogP contribution is -2.15. The van der Waals surface area contributed by atoms with Crippen LogP contribution in [0.1, 0.15) is 35.3 Å². The molecule has 0 fully saturated rings. The monoisotopic (exact) mass is 375 g/mol. The van der Waals surface area contributed by atoms with Gasteiger partial charge >= 0.3 is 0 Å². The third kappa shape index (κ3) is 4.83. The number of aryl methyl sites for hydroxylation is 2. The van der Waals surface area contributed by atoms with E-state index < -0.39 is 0 Å². The molecular weight excluding hydrogens is 354 g/mol. The van der Waals surface area contributed by atoms with Gasteiger partial charge in [0.1, 0.15) is 5.75 Å². The van der Waals surface area contributed by atoms with Gasteiger partial charge in [-0.25, -0.2) is 0 Å². The quantitative estimate of drug-likeness (QED) is 0.764. The Morgan fingerprint density at radius 1 is 1.17 bits per heavy atom. The van der Waals surface area contributed by atoms with Crippen molar-refractivity contribution >= 4 is 27.5 Å². The second-order valence-electron chi connectivity index (χ2n) is 6.12. The Hall–Kier alpha value is -1.81. The van der Waals surface area contributed by atoms with Gasteiger partial charge in [0.15, 0.2) is 0 Å². The van der Waals surface area contributed by atoms with Crippen molar-refractivity contribution in [3.63, 3.8) is 0 Å². The van der Waals surface area contributed by atoms with Crippen LogP contribution in [0.15, 0.2) is 40.9 Å². The van der Waals surface area contributed by atoms with E-state index in [0.717, 1.165) is 15.7 Å². The van der Waals surface area contributed by atoms with Crippen LogP contribution in [0.3, 0.4) is 0 Å². The largest absolute Gasteiger partial charge is 0.492 e. The standard InChI is InChI=1S/C19H22BrNO2/c1-12(2)11-23-18-8-6-15(20)10-16(18)19(22)21-17-7-5-13(3)9-14(17)4/h5-10,12H,11H2,1-4H3,(H,21,22). The van der Waals surface area contributed by atoms with Crippen LogP contribution in [-0.4, -0.2) is 12.5 Å². The number of amides is 1. The average molecular weight is 376 g/mol. The summed E-state index contributed by atoms with van der Waals surface area (Å²) in [5.74, 6) is 0.829. The molecule has 0 spiro atoms. The van der Waals surface area contributed by atoms with E-state index in [9.17, 15) is 4.79 Å². The molecule has 0 bridgehead atoms. The van der Waals surface area contributed by atoms with Crippen molar-refractivity contribution in [3.05, 3.63) is 57.6 Å². The topological polar surface area (TPSA) is 38.3 Å². The highest BCUT2D eigenvalue weighted by atomic mass is 79.9. The number of hydrogen-bond donors (Lipinski definition) is 1. The summed E-state index contributed by atoms with van der Waals surface area (Å²) >= 11 is 3.42. The summed E-state index contributed by atoms with van der Waals surface area (Å²) < 4.78 is 6.63. The molecule has 0 aliphatic carbocycles. The molecule has 2 rings (SSSR count). The number of anilines is 1. The number of carbonyl (C=O) groups excluding carboxylic acids is 1. The molecule has 4 heteroatoms. The molecule has 0 saturated heterocycles. The molecule has 0 unspecified atom stereocenters. The summed E-state index contributed by atoms with van der Waals surface area (Å²) in [5.41, 5.74) is 3.55. The maximum atomic E-state index is 12.7. The molecule has 3 nitrogen and oxygen atoms in total. The van der Waals surface area contributed by atoms with Gasteiger partial charge < -0.3 is 10.1 Å². The van der Waals surface area contributed by atoms with E-state index in [2.05, 4.69) is 35.1 Å². The molecule has 0 aromatic heterocycles. The Labute approximate surface area is 146 Å². The molecule has 122 valence electrons. The minimum atomic E-state index is -0.169. The Bertz CT molecular complexity index is 711. The fraction of sp³-hybridized carbons (Fsp3) is 0.316. The number of ether oxygens (including phenoxy) is 1. The van der Waals surface area contributed by atoms with Gasteiger partial charge in [0.25, 0.3) is 5.91 Å². The van der Waals surface area contributed by atoms with Gasteiger partial charge in [0, 0.05) is 10.2 Å². The van der Waals surface area contributed by atoms with Crippen molar-refractivity contribution in [2.45, 2.75) is 27.7 Å². The first-order valence-electron chi connectivity index (χ1n) is 7.67. The van der Waals surface area contributed by atoms with Crippen LogP contribution >= 0.6 is 15.9 Å². The number of carbonyl (C=O) groups is 1. The van der Waals surface area contributed by atoms with Crippen molar-refractivity contribution in [3.8, 4) is 5.75 Å². The molecule has 0 aliphatic rings. The van der Waals surface area contributed by atoms with E-state index in [1.54, 1.807) is 6.07 Å². The van der Waals surface area contributed by atoms with E-state index in [4.69, 9.17) is 4.74 Å². The van der Waals surface area contributed by atoms with Crippen LogP contribution in [0.25, 0.3) is 0 Å². The van der Waals surface area contributed by atoms with Gasteiger partial charge in [-0.05, 0) is 49.6 Å². The van der Waals surface area contributed by atoms with Crippen molar-refractivity contribution in [2.24, 2.45) is 5.92 Å². The summed E-state index contributed by atoms with van der Waals surface area (Å²) in [7, 11) is 0. The normalized spacial score (nSPS) is 10.7. The third-order valence-corrected chi connectivity index (χ3v) is 3.88. The van der Waals surface area contributed by atoms with E-state index in [1.807, 2.05) is 44.2 Å². The number of benzene rings is 2. The molecule has 0 heterocycles. The van der Waals surface area contributed by atoms with E-state index in [0.29, 0.717) is 23.8 Å². The fourth-order valence-corrected chi connectivity index (χ4v) is 2.57. The van der Waals surface area contributed by atoms with Gasteiger partial charge in [-0.2, -0.15) is 0 Å². The first-order chi connectivity index (χ1) is 10.9. The Kier molecular flexibility index (Phi) is 5.83. The highest BCUT2D eigenvalue weighted by Gasteiger charge is 2.15. The fourth-order valence-electron chi connectivity index (χ4n) is 2.21. The van der Waals surface area contributed by atoms with Crippen LogP contribution in [-0.2, 0) is 0 Å². The van der Waals surface area contributed by atoms with Crippen molar-refractivity contribution in [1.29, 1.82) is 0 Å². The summed E-state index contributed by atoms with van der Waals surface area (Å²) in [6.07, 6.45) is 0. The molecule has 0 saturated carbocycles. The number of rotatable bonds is 5. The predicted molar refractivity (Wildman–Crippen MR) is 98.3 cm³/mol. The summed E-state index contributed by atoms with van der Waals surface area (Å²) in [4.78, 5) is 12.7. The highest BCUT2D eigenvalue weighted by molar-refractivity contribution is 9.10. The SMILES string of the molecule is Cc1ccc(NC(=O)c2cc(Br)ccc2OCC(C)C)c(C)c1. The minimum Gasteiger partial charge on any atom is -0.492 e. The van der Waals surface area contributed by atoms with Gasteiger partial charge in [0.2, 0.25) is 0 Å². The van der Waals surface area contributed by atoms with Gasteiger partial charge in [-0.3, -0.25) is 4.79 Å². The lowest BCUT2D eigenvalue weighted by molar-refractivity contribution is 0.102. The summed E-state index contributed by atoms with van der Waals surface area (Å²) in [5, 5.41) is 2.97. The lowest BCUT2D eigenvalue weighted by atomic mass is 10.1.